The molecule has 2 atom stereocenters. The van der Waals surface area contributed by atoms with Crippen LogP contribution in [0, 0.1) is 5.92 Å². The SMILES string of the molecule is COC(=O)[C@@H]1C[C@H](NC(=O)NCCCCC2CCCC2)CN1C(=O)OC(C)(C)C. The smallest absolute Gasteiger partial charge is 0.411 e. The quantitative estimate of drug-likeness (QED) is 0.495. The van der Waals surface area contributed by atoms with Crippen LogP contribution >= 0.6 is 0 Å². The number of nitrogens with zero attached hydrogens (tertiary/aromatic N) is 1. The second kappa shape index (κ2) is 10.7. The summed E-state index contributed by atoms with van der Waals surface area (Å²) in [4.78, 5) is 38.1. The van der Waals surface area contributed by atoms with Crippen LogP contribution in [-0.2, 0) is 14.3 Å². The summed E-state index contributed by atoms with van der Waals surface area (Å²) in [7, 11) is 1.29. The summed E-state index contributed by atoms with van der Waals surface area (Å²) in [6, 6.07) is -1.36. The average molecular weight is 412 g/mol. The van der Waals surface area contributed by atoms with E-state index in [4.69, 9.17) is 9.47 Å². The number of rotatable bonds is 7. The van der Waals surface area contributed by atoms with Crippen LogP contribution in [0.2, 0.25) is 0 Å². The number of nitrogens with one attached hydrogen (secondary N) is 2. The molecule has 2 rings (SSSR count). The first-order chi connectivity index (χ1) is 13.7. The van der Waals surface area contributed by atoms with Crippen LogP contribution < -0.4 is 10.6 Å². The molecule has 8 nitrogen and oxygen atoms in total. The number of ether oxygens (including phenoxy) is 2. The van der Waals surface area contributed by atoms with Crippen molar-refractivity contribution in [2.24, 2.45) is 5.92 Å². The predicted octanol–water partition coefficient (Wildman–Crippen LogP) is 3.20. The predicted molar refractivity (Wildman–Crippen MR) is 109 cm³/mol. The van der Waals surface area contributed by atoms with E-state index in [1.54, 1.807) is 20.8 Å². The van der Waals surface area contributed by atoms with Crippen LogP contribution in [0.3, 0.4) is 0 Å². The van der Waals surface area contributed by atoms with Gasteiger partial charge in [0.25, 0.3) is 0 Å². The number of unbranched alkanes of at least 4 members (excludes halogenated alkanes) is 1. The lowest BCUT2D eigenvalue weighted by molar-refractivity contribution is -0.145. The highest BCUT2D eigenvalue weighted by Gasteiger charge is 2.42. The molecule has 2 N–H and O–H groups in total. The monoisotopic (exact) mass is 411 g/mol. The zero-order chi connectivity index (χ0) is 21.4. The molecule has 1 saturated carbocycles. The van der Waals surface area contributed by atoms with Crippen molar-refractivity contribution in [1.29, 1.82) is 0 Å². The Balaban J connectivity index is 1.75. The van der Waals surface area contributed by atoms with Crippen LogP contribution in [0.25, 0.3) is 0 Å². The van der Waals surface area contributed by atoms with E-state index >= 15 is 0 Å². The van der Waals surface area contributed by atoms with Gasteiger partial charge < -0.3 is 20.1 Å². The van der Waals surface area contributed by atoms with Crippen LogP contribution in [-0.4, -0.2) is 60.9 Å². The Morgan fingerprint density at radius 2 is 1.79 bits per heavy atom. The standard InChI is InChI=1S/C21H37N3O5/c1-21(2,3)29-20(27)24-14-16(13-17(24)18(25)28-4)23-19(26)22-12-8-7-11-15-9-5-6-10-15/h15-17H,5-14H2,1-4H3,(H2,22,23,26)/t16-,17-/m0/s1. The highest BCUT2D eigenvalue weighted by atomic mass is 16.6. The maximum Gasteiger partial charge on any atom is 0.411 e. The van der Waals surface area contributed by atoms with Crippen LogP contribution in [0.1, 0.15) is 72.1 Å². The van der Waals surface area contributed by atoms with Gasteiger partial charge in [0.2, 0.25) is 0 Å². The lowest BCUT2D eigenvalue weighted by Gasteiger charge is -2.27. The molecule has 0 radical (unpaired) electrons. The lowest BCUT2D eigenvalue weighted by atomic mass is 10.0. The fourth-order valence-corrected chi connectivity index (χ4v) is 4.12. The van der Waals surface area contributed by atoms with Crippen molar-refractivity contribution in [3.8, 4) is 0 Å². The van der Waals surface area contributed by atoms with Gasteiger partial charge in [0.1, 0.15) is 11.6 Å². The van der Waals surface area contributed by atoms with Crippen molar-refractivity contribution in [2.45, 2.75) is 89.8 Å². The van der Waals surface area contributed by atoms with E-state index in [0.29, 0.717) is 13.0 Å². The molecule has 1 aliphatic heterocycles. The molecule has 0 unspecified atom stereocenters. The number of likely N-dealkylation sites (tertiary alicyclic amines) is 1. The van der Waals surface area contributed by atoms with Crippen molar-refractivity contribution in [3.63, 3.8) is 0 Å². The van der Waals surface area contributed by atoms with E-state index in [1.165, 1.54) is 44.1 Å². The van der Waals surface area contributed by atoms with Crippen LogP contribution in [0.15, 0.2) is 0 Å². The molecule has 166 valence electrons. The fourth-order valence-electron chi connectivity index (χ4n) is 4.12. The van der Waals surface area contributed by atoms with Crippen molar-refractivity contribution >= 4 is 18.1 Å². The van der Waals surface area contributed by atoms with Gasteiger partial charge in [-0.1, -0.05) is 38.5 Å². The van der Waals surface area contributed by atoms with E-state index in [9.17, 15) is 14.4 Å². The number of carbonyl (C=O) groups is 3. The summed E-state index contributed by atoms with van der Waals surface area (Å²) in [5, 5.41) is 5.73. The van der Waals surface area contributed by atoms with Gasteiger partial charge in [-0.05, 0) is 33.1 Å². The first kappa shape index (κ1) is 23.3. The topological polar surface area (TPSA) is 97.0 Å². The molecule has 1 aliphatic carbocycles. The molecule has 0 aromatic rings. The molecule has 1 heterocycles. The van der Waals surface area contributed by atoms with Gasteiger partial charge >= 0.3 is 18.1 Å². The molecule has 1 saturated heterocycles. The molecule has 2 aliphatic rings. The Bertz CT molecular complexity index is 569. The summed E-state index contributed by atoms with van der Waals surface area (Å²) in [6.07, 6.45) is 8.49. The maximum absolute atomic E-state index is 12.4. The van der Waals surface area contributed by atoms with Gasteiger partial charge in [-0.3, -0.25) is 4.90 Å². The van der Waals surface area contributed by atoms with Crippen LogP contribution in [0.4, 0.5) is 9.59 Å². The molecular formula is C21H37N3O5. The highest BCUT2D eigenvalue weighted by Crippen LogP contribution is 2.28. The summed E-state index contributed by atoms with van der Waals surface area (Å²) < 4.78 is 10.2. The Kier molecular flexibility index (Phi) is 8.59. The van der Waals surface area contributed by atoms with Gasteiger partial charge in [-0.25, -0.2) is 14.4 Å². The third kappa shape index (κ3) is 7.74. The third-order valence-corrected chi connectivity index (χ3v) is 5.54. The molecule has 0 bridgehead atoms. The van der Waals surface area contributed by atoms with E-state index in [0.717, 1.165) is 18.8 Å². The van der Waals surface area contributed by atoms with Crippen LogP contribution in [0.5, 0.6) is 0 Å². The molecule has 3 amide bonds. The molecule has 8 heteroatoms. The second-order valence-electron chi connectivity index (χ2n) is 9.15. The van der Waals surface area contributed by atoms with Gasteiger partial charge in [0.05, 0.1) is 13.2 Å². The van der Waals surface area contributed by atoms with E-state index in [-0.39, 0.29) is 18.6 Å². The number of methoxy groups -OCH3 is 1. The molecule has 29 heavy (non-hydrogen) atoms. The lowest BCUT2D eigenvalue weighted by Crippen LogP contribution is -2.45. The van der Waals surface area contributed by atoms with Gasteiger partial charge in [0.15, 0.2) is 0 Å². The van der Waals surface area contributed by atoms with Gasteiger partial charge in [-0.15, -0.1) is 0 Å². The summed E-state index contributed by atoms with van der Waals surface area (Å²) in [5.74, 6) is 0.365. The normalized spacial score (nSPS) is 22.4. The number of hydrogen-bond donors (Lipinski definition) is 2. The first-order valence-corrected chi connectivity index (χ1v) is 10.8. The minimum absolute atomic E-state index is 0.212. The molecule has 0 aromatic carbocycles. The number of amides is 3. The van der Waals surface area contributed by atoms with Gasteiger partial charge in [-0.2, -0.15) is 0 Å². The Morgan fingerprint density at radius 1 is 1.10 bits per heavy atom. The highest BCUT2D eigenvalue weighted by molar-refractivity contribution is 5.83. The number of carbonyl (C=O) groups excluding carboxylic acids is 3. The maximum atomic E-state index is 12.4. The molecule has 2 fully saturated rings. The number of hydrogen-bond acceptors (Lipinski definition) is 5. The van der Waals surface area contributed by atoms with Crippen molar-refractivity contribution in [2.75, 3.05) is 20.2 Å². The number of esters is 1. The second-order valence-corrected chi connectivity index (χ2v) is 9.15. The van der Waals surface area contributed by atoms with Crippen molar-refractivity contribution in [3.05, 3.63) is 0 Å². The minimum atomic E-state index is -0.758. The minimum Gasteiger partial charge on any atom is -0.467 e. The average Bonchev–Trinajstić information content (AvgIpc) is 3.29. The number of urea groups is 1. The van der Waals surface area contributed by atoms with Crippen molar-refractivity contribution < 1.29 is 23.9 Å². The van der Waals surface area contributed by atoms with E-state index in [2.05, 4.69) is 10.6 Å². The fraction of sp³-hybridized carbons (Fsp3) is 0.857. The summed E-state index contributed by atoms with van der Waals surface area (Å²) in [6.45, 7) is 6.14. The first-order valence-electron chi connectivity index (χ1n) is 10.8. The van der Waals surface area contributed by atoms with E-state index in [1.807, 2.05) is 0 Å². The van der Waals surface area contributed by atoms with E-state index < -0.39 is 23.7 Å². The Labute approximate surface area is 174 Å². The largest absolute Gasteiger partial charge is 0.467 e. The summed E-state index contributed by atoms with van der Waals surface area (Å²) >= 11 is 0. The zero-order valence-electron chi connectivity index (χ0n) is 18.3. The molecular weight excluding hydrogens is 374 g/mol. The Hall–Kier alpha value is -1.99. The molecule has 0 aromatic heterocycles. The zero-order valence-corrected chi connectivity index (χ0v) is 18.3. The summed E-state index contributed by atoms with van der Waals surface area (Å²) in [5.41, 5.74) is -0.668. The van der Waals surface area contributed by atoms with Crippen molar-refractivity contribution in [1.82, 2.24) is 15.5 Å². The van der Waals surface area contributed by atoms with Gasteiger partial charge in [0, 0.05) is 19.5 Å². The molecule has 0 spiro atoms. The third-order valence-electron chi connectivity index (χ3n) is 5.54. The Morgan fingerprint density at radius 3 is 2.41 bits per heavy atom.